The number of aryl methyl sites for hydroxylation is 1. The fourth-order valence-corrected chi connectivity index (χ4v) is 3.26. The first kappa shape index (κ1) is 20.1. The Morgan fingerprint density at radius 2 is 2.00 bits per heavy atom. The quantitative estimate of drug-likeness (QED) is 0.872. The molecule has 0 saturated carbocycles. The van der Waals surface area contributed by atoms with Crippen molar-refractivity contribution in [3.63, 3.8) is 0 Å². The summed E-state index contributed by atoms with van der Waals surface area (Å²) in [5.41, 5.74) is 2.38. The Kier molecular flexibility index (Phi) is 6.16. The number of carbonyl (C=O) groups is 1. The fourth-order valence-electron chi connectivity index (χ4n) is 3.26. The predicted octanol–water partition coefficient (Wildman–Crippen LogP) is 3.58. The Balaban J connectivity index is 1.83. The monoisotopic (exact) mass is 360 g/mol. The molecule has 1 amide bonds. The molecular weight excluding hydrogens is 328 g/mol. The summed E-state index contributed by atoms with van der Waals surface area (Å²) < 4.78 is 7.45. The van der Waals surface area contributed by atoms with Gasteiger partial charge in [-0.2, -0.15) is 0 Å². The van der Waals surface area contributed by atoms with Crippen molar-refractivity contribution in [3.8, 4) is 0 Å². The summed E-state index contributed by atoms with van der Waals surface area (Å²) in [6, 6.07) is 0. The van der Waals surface area contributed by atoms with Crippen LogP contribution in [0.4, 0.5) is 4.79 Å². The average molecular weight is 361 g/mol. The van der Waals surface area contributed by atoms with E-state index in [0.29, 0.717) is 5.92 Å². The van der Waals surface area contributed by atoms with E-state index in [1.54, 1.807) is 11.0 Å². The number of rotatable bonds is 5. The van der Waals surface area contributed by atoms with Crippen LogP contribution in [0.2, 0.25) is 0 Å². The highest BCUT2D eigenvalue weighted by atomic mass is 16.6. The van der Waals surface area contributed by atoms with Crippen molar-refractivity contribution in [1.29, 1.82) is 0 Å². The first-order valence-corrected chi connectivity index (χ1v) is 9.19. The second-order valence-corrected chi connectivity index (χ2v) is 7.94. The molecule has 0 aromatic carbocycles. The zero-order valence-corrected chi connectivity index (χ0v) is 16.8. The highest BCUT2D eigenvalue weighted by molar-refractivity contribution is 5.68. The van der Waals surface area contributed by atoms with Crippen LogP contribution >= 0.6 is 0 Å². The smallest absolute Gasteiger partial charge is 0.410 e. The molecular formula is C20H32N4O2. The van der Waals surface area contributed by atoms with Crippen molar-refractivity contribution < 1.29 is 9.53 Å². The SMILES string of the molecule is C=Cc1nc(C)c(C(=C)NCC2CCN(C(=O)OC(C)(C)C)CC2)n1C. The van der Waals surface area contributed by atoms with Gasteiger partial charge in [-0.25, -0.2) is 9.78 Å². The Morgan fingerprint density at radius 3 is 2.50 bits per heavy atom. The van der Waals surface area contributed by atoms with Crippen molar-refractivity contribution in [3.05, 3.63) is 30.4 Å². The fraction of sp³-hybridized carbons (Fsp3) is 0.600. The minimum absolute atomic E-state index is 0.212. The lowest BCUT2D eigenvalue weighted by molar-refractivity contribution is 0.0185. The summed E-state index contributed by atoms with van der Waals surface area (Å²) in [5.74, 6) is 1.35. The summed E-state index contributed by atoms with van der Waals surface area (Å²) in [6.07, 6.45) is 3.45. The van der Waals surface area contributed by atoms with Crippen LogP contribution in [-0.2, 0) is 11.8 Å². The molecule has 1 fully saturated rings. The highest BCUT2D eigenvalue weighted by Gasteiger charge is 2.27. The average Bonchev–Trinajstić information content (AvgIpc) is 2.85. The van der Waals surface area contributed by atoms with Gasteiger partial charge in [0.05, 0.1) is 17.1 Å². The molecule has 2 heterocycles. The molecule has 2 rings (SSSR count). The van der Waals surface area contributed by atoms with Gasteiger partial charge in [-0.1, -0.05) is 13.2 Å². The first-order valence-electron chi connectivity index (χ1n) is 9.19. The summed E-state index contributed by atoms with van der Waals surface area (Å²) >= 11 is 0. The number of nitrogens with one attached hydrogen (secondary N) is 1. The molecule has 0 spiro atoms. The highest BCUT2D eigenvalue weighted by Crippen LogP contribution is 2.21. The summed E-state index contributed by atoms with van der Waals surface area (Å²) in [5, 5.41) is 3.45. The molecule has 26 heavy (non-hydrogen) atoms. The topological polar surface area (TPSA) is 59.4 Å². The number of carbonyl (C=O) groups excluding carboxylic acids is 1. The van der Waals surface area contributed by atoms with Crippen molar-refractivity contribution in [2.75, 3.05) is 19.6 Å². The lowest BCUT2D eigenvalue weighted by Gasteiger charge is -2.33. The molecule has 1 aliphatic heterocycles. The Morgan fingerprint density at radius 1 is 1.38 bits per heavy atom. The molecule has 0 atom stereocenters. The third-order valence-corrected chi connectivity index (χ3v) is 4.64. The molecule has 0 unspecified atom stereocenters. The molecule has 0 radical (unpaired) electrons. The molecule has 6 heteroatoms. The van der Waals surface area contributed by atoms with Crippen LogP contribution in [-0.4, -0.2) is 45.8 Å². The van der Waals surface area contributed by atoms with Crippen LogP contribution in [0.5, 0.6) is 0 Å². The zero-order chi connectivity index (χ0) is 19.5. The summed E-state index contributed by atoms with van der Waals surface area (Å²) in [6.45, 7) is 17.9. The lowest BCUT2D eigenvalue weighted by Crippen LogP contribution is -2.43. The maximum absolute atomic E-state index is 12.1. The summed E-state index contributed by atoms with van der Waals surface area (Å²) in [7, 11) is 1.97. The second-order valence-electron chi connectivity index (χ2n) is 7.94. The lowest BCUT2D eigenvalue weighted by atomic mass is 9.97. The Hall–Kier alpha value is -2.24. The number of hydrogen-bond donors (Lipinski definition) is 1. The van der Waals surface area contributed by atoms with Gasteiger partial charge in [0.1, 0.15) is 11.4 Å². The molecule has 1 aromatic heterocycles. The number of aromatic nitrogens is 2. The minimum Gasteiger partial charge on any atom is -0.444 e. The number of ether oxygens (including phenoxy) is 1. The van der Waals surface area contributed by atoms with Gasteiger partial charge >= 0.3 is 6.09 Å². The van der Waals surface area contributed by atoms with Crippen molar-refractivity contribution >= 4 is 17.9 Å². The molecule has 6 nitrogen and oxygen atoms in total. The van der Waals surface area contributed by atoms with Gasteiger partial charge in [-0.15, -0.1) is 0 Å². The standard InChI is InChI=1S/C20H32N4O2/c1-8-17-22-15(3)18(23(17)7)14(2)21-13-16-9-11-24(12-10-16)19(25)26-20(4,5)6/h8,16,21H,1-2,9-13H2,3-7H3. The normalized spacial score (nSPS) is 15.7. The minimum atomic E-state index is -0.446. The van der Waals surface area contributed by atoms with E-state index < -0.39 is 5.60 Å². The van der Waals surface area contributed by atoms with Gasteiger partial charge in [-0.3, -0.25) is 0 Å². The molecule has 1 N–H and O–H groups in total. The van der Waals surface area contributed by atoms with E-state index in [9.17, 15) is 4.79 Å². The van der Waals surface area contributed by atoms with Gasteiger partial charge in [0.15, 0.2) is 0 Å². The van der Waals surface area contributed by atoms with Crippen LogP contribution in [0.1, 0.15) is 50.8 Å². The Bertz CT molecular complexity index is 677. The number of nitrogens with zero attached hydrogens (tertiary/aromatic N) is 3. The molecule has 1 aliphatic rings. The van der Waals surface area contributed by atoms with Gasteiger partial charge < -0.3 is 19.5 Å². The molecule has 144 valence electrons. The van der Waals surface area contributed by atoms with E-state index in [2.05, 4.69) is 23.5 Å². The Labute approximate surface area is 156 Å². The third kappa shape index (κ3) is 4.90. The largest absolute Gasteiger partial charge is 0.444 e. The van der Waals surface area contributed by atoms with Crippen LogP contribution in [0.15, 0.2) is 13.2 Å². The van der Waals surface area contributed by atoms with Crippen LogP contribution < -0.4 is 5.32 Å². The van der Waals surface area contributed by atoms with Crippen LogP contribution in [0.3, 0.4) is 0 Å². The van der Waals surface area contributed by atoms with E-state index in [1.165, 1.54) is 0 Å². The number of likely N-dealkylation sites (tertiary alicyclic amines) is 1. The second kappa shape index (κ2) is 7.98. The number of hydrogen-bond acceptors (Lipinski definition) is 4. The van der Waals surface area contributed by atoms with Crippen molar-refractivity contribution in [2.45, 2.75) is 46.1 Å². The van der Waals surface area contributed by atoms with Gasteiger partial charge in [0, 0.05) is 26.7 Å². The third-order valence-electron chi connectivity index (χ3n) is 4.64. The number of imidazole rings is 1. The molecule has 0 aliphatic carbocycles. The predicted molar refractivity (Wildman–Crippen MR) is 106 cm³/mol. The number of amides is 1. The molecule has 0 bridgehead atoms. The van der Waals surface area contributed by atoms with Gasteiger partial charge in [0.2, 0.25) is 0 Å². The van der Waals surface area contributed by atoms with Gasteiger partial charge in [-0.05, 0) is 52.5 Å². The van der Waals surface area contributed by atoms with Crippen LogP contribution in [0, 0.1) is 12.8 Å². The van der Waals surface area contributed by atoms with Crippen LogP contribution in [0.25, 0.3) is 11.8 Å². The van der Waals surface area contributed by atoms with Crippen molar-refractivity contribution in [1.82, 2.24) is 19.8 Å². The van der Waals surface area contributed by atoms with E-state index >= 15 is 0 Å². The zero-order valence-electron chi connectivity index (χ0n) is 16.8. The van der Waals surface area contributed by atoms with Gasteiger partial charge in [0.25, 0.3) is 0 Å². The number of piperidine rings is 1. The van der Waals surface area contributed by atoms with E-state index in [1.807, 2.05) is 39.3 Å². The summed E-state index contributed by atoms with van der Waals surface area (Å²) in [4.78, 5) is 18.4. The van der Waals surface area contributed by atoms with E-state index in [4.69, 9.17) is 4.74 Å². The van der Waals surface area contributed by atoms with Crippen molar-refractivity contribution in [2.24, 2.45) is 13.0 Å². The molecule has 1 saturated heterocycles. The maximum atomic E-state index is 12.1. The van der Waals surface area contributed by atoms with E-state index in [-0.39, 0.29) is 6.09 Å². The first-order chi connectivity index (χ1) is 12.1. The maximum Gasteiger partial charge on any atom is 0.410 e. The molecule has 1 aromatic rings. The van der Waals surface area contributed by atoms with E-state index in [0.717, 1.165) is 55.4 Å².